The van der Waals surface area contributed by atoms with Crippen LogP contribution in [-0.2, 0) is 22.6 Å². The van der Waals surface area contributed by atoms with Gasteiger partial charge >= 0.3 is 0 Å². The maximum atomic E-state index is 12.6. The van der Waals surface area contributed by atoms with E-state index in [2.05, 4.69) is 22.8 Å². The number of ether oxygens (including phenoxy) is 1. The maximum absolute atomic E-state index is 12.6. The smallest absolute Gasteiger partial charge is 0.241 e. The minimum atomic E-state index is -0.396. The molecule has 2 aromatic carbocycles. The van der Waals surface area contributed by atoms with Crippen LogP contribution in [0.15, 0.2) is 42.5 Å². The topological polar surface area (TPSA) is 93.4 Å². The summed E-state index contributed by atoms with van der Waals surface area (Å²) < 4.78 is 5.49. The van der Waals surface area contributed by atoms with Crippen LogP contribution in [0.4, 0.5) is 5.69 Å². The van der Waals surface area contributed by atoms with E-state index in [9.17, 15) is 9.59 Å². The Morgan fingerprint density at radius 1 is 1.23 bits per heavy atom. The molecule has 4 N–H and O–H groups in total. The van der Waals surface area contributed by atoms with Gasteiger partial charge in [-0.25, -0.2) is 0 Å². The summed E-state index contributed by atoms with van der Waals surface area (Å²) in [6.07, 6.45) is 0.849. The maximum Gasteiger partial charge on any atom is 0.241 e. The monoisotopic (exact) mass is 353 g/mol. The fourth-order valence-electron chi connectivity index (χ4n) is 3.00. The average Bonchev–Trinajstić information content (AvgIpc) is 2.63. The molecule has 2 amide bonds. The number of primary amides is 1. The summed E-state index contributed by atoms with van der Waals surface area (Å²) >= 11 is 0. The molecule has 0 fully saturated rings. The Kier molecular flexibility index (Phi) is 5.53. The second kappa shape index (κ2) is 8.01. The summed E-state index contributed by atoms with van der Waals surface area (Å²) in [5.41, 5.74) is 9.19. The Morgan fingerprint density at radius 2 is 2.00 bits per heavy atom. The number of rotatable bonds is 6. The van der Waals surface area contributed by atoms with Crippen LogP contribution >= 0.6 is 0 Å². The molecule has 1 atom stereocenters. The van der Waals surface area contributed by atoms with Crippen molar-refractivity contribution in [3.8, 4) is 5.75 Å². The first-order valence-electron chi connectivity index (χ1n) is 8.65. The number of aryl methyl sites for hydroxylation is 1. The van der Waals surface area contributed by atoms with Crippen molar-refractivity contribution in [2.45, 2.75) is 32.4 Å². The van der Waals surface area contributed by atoms with Crippen molar-refractivity contribution < 1.29 is 14.3 Å². The first-order valence-corrected chi connectivity index (χ1v) is 8.65. The van der Waals surface area contributed by atoms with Crippen molar-refractivity contribution >= 4 is 17.5 Å². The zero-order chi connectivity index (χ0) is 18.5. The number of amides is 2. The minimum Gasteiger partial charge on any atom is -0.493 e. The molecule has 1 aliphatic rings. The molecule has 6 heteroatoms. The number of nitrogens with one attached hydrogen (secondary N) is 2. The molecule has 0 bridgehead atoms. The van der Waals surface area contributed by atoms with E-state index in [1.54, 1.807) is 6.07 Å². The summed E-state index contributed by atoms with van der Waals surface area (Å²) in [6, 6.07) is 13.3. The summed E-state index contributed by atoms with van der Waals surface area (Å²) in [6.45, 7) is 2.84. The molecule has 0 spiro atoms. The standard InChI is InChI=1S/C20H23N3O3/c1-13-10-16(26-9-8-19(21)24)6-7-17(13)23-20(25)18-11-14-4-2-3-5-15(14)12-22-18/h2-7,10,18,22H,8-9,11-12H2,1H3,(H2,21,24)(H,23,25)/t18-/m0/s1. The molecule has 0 aromatic heterocycles. The highest BCUT2D eigenvalue weighted by Crippen LogP contribution is 2.23. The van der Waals surface area contributed by atoms with Crippen molar-refractivity contribution in [3.63, 3.8) is 0 Å². The van der Waals surface area contributed by atoms with Crippen LogP contribution in [0, 0.1) is 6.92 Å². The van der Waals surface area contributed by atoms with Crippen LogP contribution in [0.25, 0.3) is 0 Å². The third kappa shape index (κ3) is 4.40. The van der Waals surface area contributed by atoms with Crippen molar-refractivity contribution in [3.05, 3.63) is 59.2 Å². The quantitative estimate of drug-likeness (QED) is 0.739. The zero-order valence-corrected chi connectivity index (χ0v) is 14.7. The first-order chi connectivity index (χ1) is 12.5. The molecule has 26 heavy (non-hydrogen) atoms. The highest BCUT2D eigenvalue weighted by atomic mass is 16.5. The van der Waals surface area contributed by atoms with Gasteiger partial charge in [-0.2, -0.15) is 0 Å². The van der Waals surface area contributed by atoms with Crippen LogP contribution in [0.5, 0.6) is 5.75 Å². The minimum absolute atomic E-state index is 0.0509. The molecular formula is C20H23N3O3. The zero-order valence-electron chi connectivity index (χ0n) is 14.7. The molecule has 0 aliphatic carbocycles. The van der Waals surface area contributed by atoms with Gasteiger partial charge in [0.2, 0.25) is 11.8 Å². The third-order valence-corrected chi connectivity index (χ3v) is 4.47. The Hall–Kier alpha value is -2.86. The van der Waals surface area contributed by atoms with Gasteiger partial charge in [-0.05, 0) is 48.2 Å². The van der Waals surface area contributed by atoms with Gasteiger partial charge in [-0.1, -0.05) is 24.3 Å². The van der Waals surface area contributed by atoms with Crippen molar-refractivity contribution in [2.75, 3.05) is 11.9 Å². The highest BCUT2D eigenvalue weighted by molar-refractivity contribution is 5.95. The third-order valence-electron chi connectivity index (χ3n) is 4.47. The molecule has 0 saturated carbocycles. The highest BCUT2D eigenvalue weighted by Gasteiger charge is 2.24. The van der Waals surface area contributed by atoms with E-state index in [0.717, 1.165) is 11.3 Å². The lowest BCUT2D eigenvalue weighted by atomic mass is 9.95. The fourth-order valence-corrected chi connectivity index (χ4v) is 3.00. The number of benzene rings is 2. The molecule has 1 aliphatic heterocycles. The molecule has 0 unspecified atom stereocenters. The van der Waals surface area contributed by atoms with Gasteiger partial charge in [0, 0.05) is 12.2 Å². The van der Waals surface area contributed by atoms with E-state index in [1.807, 2.05) is 31.2 Å². The van der Waals surface area contributed by atoms with E-state index < -0.39 is 5.91 Å². The second-order valence-electron chi connectivity index (χ2n) is 6.44. The Balaban J connectivity index is 1.60. The van der Waals surface area contributed by atoms with Gasteiger partial charge < -0.3 is 21.1 Å². The lowest BCUT2D eigenvalue weighted by Gasteiger charge is -2.25. The molecular weight excluding hydrogens is 330 g/mol. The second-order valence-corrected chi connectivity index (χ2v) is 6.44. The van der Waals surface area contributed by atoms with E-state index >= 15 is 0 Å². The molecule has 3 rings (SSSR count). The molecule has 6 nitrogen and oxygen atoms in total. The van der Waals surface area contributed by atoms with E-state index in [-0.39, 0.29) is 25.0 Å². The van der Waals surface area contributed by atoms with Gasteiger partial charge in [0.05, 0.1) is 19.1 Å². The molecule has 136 valence electrons. The lowest BCUT2D eigenvalue weighted by Crippen LogP contribution is -2.44. The van der Waals surface area contributed by atoms with Crippen molar-refractivity contribution in [1.29, 1.82) is 0 Å². The number of fused-ring (bicyclic) bond motifs is 1. The van der Waals surface area contributed by atoms with E-state index in [1.165, 1.54) is 11.1 Å². The molecule has 0 radical (unpaired) electrons. The van der Waals surface area contributed by atoms with Crippen molar-refractivity contribution in [2.24, 2.45) is 5.73 Å². The van der Waals surface area contributed by atoms with Gasteiger partial charge in [0.15, 0.2) is 0 Å². The number of nitrogens with two attached hydrogens (primary N) is 1. The van der Waals surface area contributed by atoms with Gasteiger partial charge in [-0.3, -0.25) is 9.59 Å². The largest absolute Gasteiger partial charge is 0.493 e. The van der Waals surface area contributed by atoms with E-state index in [0.29, 0.717) is 18.7 Å². The predicted octanol–water partition coefficient (Wildman–Crippen LogP) is 1.90. The predicted molar refractivity (Wildman–Crippen MR) is 99.9 cm³/mol. The SMILES string of the molecule is Cc1cc(OCCC(N)=O)ccc1NC(=O)[C@@H]1Cc2ccccc2CN1. The Bertz CT molecular complexity index is 820. The number of carbonyl (C=O) groups excluding carboxylic acids is 2. The van der Waals surface area contributed by atoms with Crippen LogP contribution < -0.4 is 21.1 Å². The number of hydrogen-bond donors (Lipinski definition) is 3. The van der Waals surface area contributed by atoms with Crippen LogP contribution in [-0.4, -0.2) is 24.5 Å². The Morgan fingerprint density at radius 3 is 2.73 bits per heavy atom. The first kappa shape index (κ1) is 17.9. The number of carbonyl (C=O) groups is 2. The summed E-state index contributed by atoms with van der Waals surface area (Å²) in [5.74, 6) is 0.198. The molecule has 0 saturated heterocycles. The summed E-state index contributed by atoms with van der Waals surface area (Å²) in [7, 11) is 0. The van der Waals surface area contributed by atoms with Crippen LogP contribution in [0.3, 0.4) is 0 Å². The van der Waals surface area contributed by atoms with Gasteiger partial charge in [0.1, 0.15) is 5.75 Å². The van der Waals surface area contributed by atoms with Crippen LogP contribution in [0.1, 0.15) is 23.1 Å². The fraction of sp³-hybridized carbons (Fsp3) is 0.300. The normalized spacial score (nSPS) is 15.8. The average molecular weight is 353 g/mol. The number of hydrogen-bond acceptors (Lipinski definition) is 4. The summed E-state index contributed by atoms with van der Waals surface area (Å²) in [5, 5.41) is 6.27. The van der Waals surface area contributed by atoms with E-state index in [4.69, 9.17) is 10.5 Å². The molecule has 2 aromatic rings. The van der Waals surface area contributed by atoms with Gasteiger partial charge in [-0.15, -0.1) is 0 Å². The summed E-state index contributed by atoms with van der Waals surface area (Å²) in [4.78, 5) is 23.4. The Labute approximate surface area is 152 Å². The lowest BCUT2D eigenvalue weighted by molar-refractivity contribution is -0.119. The number of anilines is 1. The van der Waals surface area contributed by atoms with Crippen molar-refractivity contribution in [1.82, 2.24) is 5.32 Å². The van der Waals surface area contributed by atoms with Gasteiger partial charge in [0.25, 0.3) is 0 Å². The molecule has 1 heterocycles. The van der Waals surface area contributed by atoms with Crippen LogP contribution in [0.2, 0.25) is 0 Å².